The molecule has 5 nitrogen and oxygen atoms in total. The zero-order chi connectivity index (χ0) is 13.8. The third-order valence-electron chi connectivity index (χ3n) is 3.61. The summed E-state index contributed by atoms with van der Waals surface area (Å²) in [5.41, 5.74) is 13.0. The Kier molecular flexibility index (Phi) is 4.27. The molecule has 5 heteroatoms. The fraction of sp³-hybridized carbons (Fsp3) is 0.500. The van der Waals surface area contributed by atoms with Crippen LogP contribution in [-0.4, -0.2) is 36.5 Å². The van der Waals surface area contributed by atoms with Crippen LogP contribution in [0.1, 0.15) is 30.1 Å². The molecule has 1 fully saturated rings. The van der Waals surface area contributed by atoms with Crippen LogP contribution in [0.2, 0.25) is 0 Å². The van der Waals surface area contributed by atoms with Gasteiger partial charge in [0.2, 0.25) is 0 Å². The molecule has 0 saturated carbocycles. The van der Waals surface area contributed by atoms with Gasteiger partial charge in [0.25, 0.3) is 5.91 Å². The molecule has 1 amide bonds. The maximum absolute atomic E-state index is 12.2. The molecule has 0 radical (unpaired) electrons. The van der Waals surface area contributed by atoms with E-state index in [0.29, 0.717) is 16.9 Å². The van der Waals surface area contributed by atoms with Crippen LogP contribution in [0.3, 0.4) is 0 Å². The van der Waals surface area contributed by atoms with E-state index in [1.807, 2.05) is 0 Å². The van der Waals surface area contributed by atoms with Gasteiger partial charge in [0.15, 0.2) is 0 Å². The first-order chi connectivity index (χ1) is 9.10. The average molecular weight is 262 g/mol. The van der Waals surface area contributed by atoms with Crippen molar-refractivity contribution in [3.05, 3.63) is 23.8 Å². The molecule has 1 aliphatic rings. The maximum Gasteiger partial charge on any atom is 0.253 e. The van der Waals surface area contributed by atoms with Gasteiger partial charge in [-0.3, -0.25) is 4.79 Å². The van der Waals surface area contributed by atoms with Crippen molar-refractivity contribution in [2.24, 2.45) is 0 Å². The Morgan fingerprint density at radius 3 is 2.95 bits per heavy atom. The summed E-state index contributed by atoms with van der Waals surface area (Å²) in [6, 6.07) is 5.21. The van der Waals surface area contributed by atoms with E-state index >= 15 is 0 Å². The minimum Gasteiger partial charge on any atom is -0.399 e. The number of carbonyl (C=O) groups excluding carboxylic acids is 1. The van der Waals surface area contributed by atoms with Crippen molar-refractivity contribution < 1.29 is 4.79 Å². The second-order valence-electron chi connectivity index (χ2n) is 5.05. The zero-order valence-electron chi connectivity index (χ0n) is 11.4. The number of amides is 1. The minimum atomic E-state index is -0.111. The highest BCUT2D eigenvalue weighted by Crippen LogP contribution is 2.17. The summed E-state index contributed by atoms with van der Waals surface area (Å²) in [5, 5.41) is 3.06. The van der Waals surface area contributed by atoms with Gasteiger partial charge in [-0.15, -0.1) is 0 Å². The Hall–Kier alpha value is -1.75. The number of hydrogen-bond acceptors (Lipinski definition) is 4. The highest BCUT2D eigenvalue weighted by atomic mass is 16.1. The van der Waals surface area contributed by atoms with Crippen LogP contribution in [0.15, 0.2) is 18.2 Å². The van der Waals surface area contributed by atoms with E-state index in [2.05, 4.69) is 17.1 Å². The second kappa shape index (κ2) is 5.93. The Labute approximate surface area is 113 Å². The average Bonchev–Trinajstić information content (AvgIpc) is 2.38. The summed E-state index contributed by atoms with van der Waals surface area (Å²) in [7, 11) is 0. The van der Waals surface area contributed by atoms with E-state index in [1.165, 1.54) is 0 Å². The van der Waals surface area contributed by atoms with Crippen LogP contribution in [0.5, 0.6) is 0 Å². The van der Waals surface area contributed by atoms with E-state index < -0.39 is 0 Å². The van der Waals surface area contributed by atoms with E-state index in [0.717, 1.165) is 32.5 Å². The van der Waals surface area contributed by atoms with Crippen molar-refractivity contribution in [1.82, 2.24) is 10.2 Å². The summed E-state index contributed by atoms with van der Waals surface area (Å²) in [6.45, 7) is 5.20. The Balaban J connectivity index is 2.00. The standard InChI is InChI=1S/C14H22N4O/c1-2-18-7-3-4-11(9-18)17-14(19)12-6-5-10(15)8-13(12)16/h5-6,8,11H,2-4,7,9,15-16H2,1H3,(H,17,19). The van der Waals surface area contributed by atoms with Crippen molar-refractivity contribution in [3.63, 3.8) is 0 Å². The molecule has 1 atom stereocenters. The minimum absolute atomic E-state index is 0.111. The lowest BCUT2D eigenvalue weighted by molar-refractivity contribution is 0.0907. The Morgan fingerprint density at radius 2 is 2.26 bits per heavy atom. The number of likely N-dealkylation sites (N-methyl/N-ethyl adjacent to an activating group) is 1. The molecule has 0 aromatic heterocycles. The largest absolute Gasteiger partial charge is 0.399 e. The molecule has 0 aliphatic carbocycles. The maximum atomic E-state index is 12.2. The summed E-state index contributed by atoms with van der Waals surface area (Å²) in [5.74, 6) is -0.111. The number of benzene rings is 1. The molecule has 1 unspecified atom stereocenters. The highest BCUT2D eigenvalue weighted by molar-refractivity contribution is 5.99. The Bertz CT molecular complexity index is 461. The van der Waals surface area contributed by atoms with Gasteiger partial charge in [0, 0.05) is 24.0 Å². The van der Waals surface area contributed by atoms with E-state index in [1.54, 1.807) is 18.2 Å². The molecule has 1 aromatic carbocycles. The molecule has 1 aromatic rings. The van der Waals surface area contributed by atoms with E-state index in [4.69, 9.17) is 11.5 Å². The second-order valence-corrected chi connectivity index (χ2v) is 5.05. The molecular formula is C14H22N4O. The van der Waals surface area contributed by atoms with Gasteiger partial charge in [0.05, 0.1) is 5.56 Å². The SMILES string of the molecule is CCN1CCCC(NC(=O)c2ccc(N)cc2N)C1. The lowest BCUT2D eigenvalue weighted by Crippen LogP contribution is -2.47. The predicted octanol–water partition coefficient (Wildman–Crippen LogP) is 1.07. The number of hydrogen-bond donors (Lipinski definition) is 3. The van der Waals surface area contributed by atoms with Crippen LogP contribution in [0, 0.1) is 0 Å². The summed E-state index contributed by atoms with van der Waals surface area (Å²) in [6.07, 6.45) is 2.15. The fourth-order valence-electron chi connectivity index (χ4n) is 2.51. The quantitative estimate of drug-likeness (QED) is 0.711. The first-order valence-electron chi connectivity index (χ1n) is 6.78. The van der Waals surface area contributed by atoms with Gasteiger partial charge in [-0.05, 0) is 44.1 Å². The van der Waals surface area contributed by atoms with Crippen LogP contribution < -0.4 is 16.8 Å². The highest BCUT2D eigenvalue weighted by Gasteiger charge is 2.21. The fourth-order valence-corrected chi connectivity index (χ4v) is 2.51. The smallest absolute Gasteiger partial charge is 0.253 e. The van der Waals surface area contributed by atoms with Crippen LogP contribution in [-0.2, 0) is 0 Å². The summed E-state index contributed by atoms with van der Waals surface area (Å²) < 4.78 is 0. The van der Waals surface area contributed by atoms with Gasteiger partial charge in [-0.2, -0.15) is 0 Å². The lowest BCUT2D eigenvalue weighted by atomic mass is 10.0. The number of nitrogens with one attached hydrogen (secondary N) is 1. The topological polar surface area (TPSA) is 84.4 Å². The van der Waals surface area contributed by atoms with E-state index in [-0.39, 0.29) is 11.9 Å². The van der Waals surface area contributed by atoms with Gasteiger partial charge in [0.1, 0.15) is 0 Å². The van der Waals surface area contributed by atoms with E-state index in [9.17, 15) is 4.79 Å². The molecular weight excluding hydrogens is 240 g/mol. The molecule has 0 bridgehead atoms. The molecule has 1 aliphatic heterocycles. The lowest BCUT2D eigenvalue weighted by Gasteiger charge is -2.32. The van der Waals surface area contributed by atoms with Gasteiger partial charge in [-0.1, -0.05) is 6.92 Å². The third-order valence-corrected chi connectivity index (χ3v) is 3.61. The molecule has 104 valence electrons. The number of anilines is 2. The van der Waals surface area contributed by atoms with Crippen molar-refractivity contribution in [2.45, 2.75) is 25.8 Å². The van der Waals surface area contributed by atoms with Gasteiger partial charge in [-0.25, -0.2) is 0 Å². The third kappa shape index (κ3) is 3.38. The zero-order valence-corrected chi connectivity index (χ0v) is 11.4. The normalized spacial score (nSPS) is 20.2. The predicted molar refractivity (Wildman–Crippen MR) is 77.9 cm³/mol. The molecule has 5 N–H and O–H groups in total. The Morgan fingerprint density at radius 1 is 1.47 bits per heavy atom. The van der Waals surface area contributed by atoms with Crippen molar-refractivity contribution in [2.75, 3.05) is 31.1 Å². The van der Waals surface area contributed by atoms with Crippen LogP contribution >= 0.6 is 0 Å². The number of carbonyl (C=O) groups is 1. The number of rotatable bonds is 3. The van der Waals surface area contributed by atoms with Crippen molar-refractivity contribution in [3.8, 4) is 0 Å². The first-order valence-corrected chi connectivity index (χ1v) is 6.78. The van der Waals surface area contributed by atoms with Crippen molar-refractivity contribution >= 4 is 17.3 Å². The molecule has 0 spiro atoms. The van der Waals surface area contributed by atoms with Crippen LogP contribution in [0.25, 0.3) is 0 Å². The summed E-state index contributed by atoms with van der Waals surface area (Å²) in [4.78, 5) is 14.5. The van der Waals surface area contributed by atoms with Gasteiger partial charge < -0.3 is 21.7 Å². The number of nitrogen functional groups attached to an aromatic ring is 2. The van der Waals surface area contributed by atoms with Crippen LogP contribution in [0.4, 0.5) is 11.4 Å². The molecule has 1 saturated heterocycles. The number of likely N-dealkylation sites (tertiary alicyclic amines) is 1. The molecule has 2 rings (SSSR count). The number of nitrogens with two attached hydrogens (primary N) is 2. The number of piperidine rings is 1. The van der Waals surface area contributed by atoms with Crippen molar-refractivity contribution in [1.29, 1.82) is 0 Å². The number of nitrogens with zero attached hydrogens (tertiary/aromatic N) is 1. The molecule has 19 heavy (non-hydrogen) atoms. The molecule has 1 heterocycles. The first kappa shape index (κ1) is 13.7. The summed E-state index contributed by atoms with van der Waals surface area (Å²) >= 11 is 0. The van der Waals surface area contributed by atoms with Gasteiger partial charge >= 0.3 is 0 Å². The monoisotopic (exact) mass is 262 g/mol.